The van der Waals surface area contributed by atoms with Gasteiger partial charge in [0.1, 0.15) is 0 Å². The van der Waals surface area contributed by atoms with Crippen molar-refractivity contribution in [2.75, 3.05) is 0 Å². The van der Waals surface area contributed by atoms with Gasteiger partial charge in [0, 0.05) is 6.42 Å². The van der Waals surface area contributed by atoms with Crippen LogP contribution in [0.4, 0.5) is 0 Å². The van der Waals surface area contributed by atoms with E-state index >= 15 is 0 Å². The molecule has 0 aliphatic heterocycles. The van der Waals surface area contributed by atoms with Gasteiger partial charge in [-0.05, 0) is 17.9 Å². The topological polar surface area (TPSA) is 37.3 Å². The van der Waals surface area contributed by atoms with Crippen LogP contribution in [0.15, 0.2) is 11.3 Å². The Morgan fingerprint density at radius 1 is 1.70 bits per heavy atom. The molecular formula is C8H12O2. The Hall–Kier alpha value is -0.790. The highest BCUT2D eigenvalue weighted by molar-refractivity contribution is 5.96. The van der Waals surface area contributed by atoms with Crippen LogP contribution >= 0.6 is 0 Å². The van der Waals surface area contributed by atoms with Gasteiger partial charge in [-0.25, -0.2) is 0 Å². The van der Waals surface area contributed by atoms with E-state index in [1.807, 2.05) is 13.8 Å². The first-order chi connectivity index (χ1) is 4.66. The Morgan fingerprint density at radius 3 is 2.50 bits per heavy atom. The molecule has 0 bridgehead atoms. The summed E-state index contributed by atoms with van der Waals surface area (Å²) < 4.78 is 0. The Balaban J connectivity index is 2.90. The monoisotopic (exact) mass is 140 g/mol. The molecule has 0 heterocycles. The fourth-order valence-electron chi connectivity index (χ4n) is 1.43. The van der Waals surface area contributed by atoms with Gasteiger partial charge in [-0.15, -0.1) is 0 Å². The summed E-state index contributed by atoms with van der Waals surface area (Å²) in [5.41, 5.74) is 0.921. The van der Waals surface area contributed by atoms with Gasteiger partial charge in [0.15, 0.2) is 11.5 Å². The van der Waals surface area contributed by atoms with Crippen molar-refractivity contribution in [3.8, 4) is 0 Å². The molecule has 10 heavy (non-hydrogen) atoms. The van der Waals surface area contributed by atoms with E-state index in [4.69, 9.17) is 5.11 Å². The molecule has 0 spiro atoms. The van der Waals surface area contributed by atoms with E-state index in [0.717, 1.165) is 12.0 Å². The Morgan fingerprint density at radius 2 is 2.30 bits per heavy atom. The molecule has 0 saturated carbocycles. The molecule has 0 saturated heterocycles. The quantitative estimate of drug-likeness (QED) is 0.603. The van der Waals surface area contributed by atoms with Crippen molar-refractivity contribution in [3.05, 3.63) is 11.3 Å². The Labute approximate surface area is 60.6 Å². The van der Waals surface area contributed by atoms with E-state index < -0.39 is 0 Å². The highest BCUT2D eigenvalue weighted by atomic mass is 16.3. The molecular weight excluding hydrogens is 128 g/mol. The minimum absolute atomic E-state index is 0.0231. The highest BCUT2D eigenvalue weighted by Gasteiger charge is 2.27. The Bertz CT molecular complexity index is 191. The van der Waals surface area contributed by atoms with Crippen LogP contribution in [-0.4, -0.2) is 10.9 Å². The number of aliphatic hydroxyl groups is 1. The molecule has 0 aromatic carbocycles. The lowest BCUT2D eigenvalue weighted by Gasteiger charge is -2.02. The van der Waals surface area contributed by atoms with E-state index in [0.29, 0.717) is 6.42 Å². The fraction of sp³-hybridized carbons (Fsp3) is 0.625. The highest BCUT2D eigenvalue weighted by Crippen LogP contribution is 2.29. The third-order valence-electron chi connectivity index (χ3n) is 2.04. The molecule has 1 aliphatic rings. The van der Waals surface area contributed by atoms with Crippen LogP contribution < -0.4 is 0 Å². The zero-order chi connectivity index (χ0) is 7.72. The maximum Gasteiger partial charge on any atom is 0.197 e. The van der Waals surface area contributed by atoms with E-state index in [-0.39, 0.29) is 17.5 Å². The zero-order valence-corrected chi connectivity index (χ0v) is 6.35. The van der Waals surface area contributed by atoms with Crippen molar-refractivity contribution in [1.82, 2.24) is 0 Å². The van der Waals surface area contributed by atoms with Crippen LogP contribution in [0.3, 0.4) is 0 Å². The van der Waals surface area contributed by atoms with E-state index in [9.17, 15) is 4.79 Å². The summed E-state index contributed by atoms with van der Waals surface area (Å²) in [4.78, 5) is 10.8. The van der Waals surface area contributed by atoms with Gasteiger partial charge >= 0.3 is 0 Å². The lowest BCUT2D eigenvalue weighted by molar-refractivity contribution is -0.117. The standard InChI is InChI=1S/C8H12O2/c1-3-6-5(2)4-7(9)8(6)10/h5,10H,3-4H2,1-2H3. The summed E-state index contributed by atoms with van der Waals surface area (Å²) in [6.07, 6.45) is 1.29. The number of allylic oxidation sites excluding steroid dienone is 2. The summed E-state index contributed by atoms with van der Waals surface area (Å²) in [6, 6.07) is 0. The number of carbonyl (C=O) groups excluding carboxylic acids is 1. The molecule has 2 nitrogen and oxygen atoms in total. The summed E-state index contributed by atoms with van der Waals surface area (Å²) in [6.45, 7) is 3.93. The van der Waals surface area contributed by atoms with Crippen molar-refractivity contribution < 1.29 is 9.90 Å². The molecule has 0 fully saturated rings. The predicted octanol–water partition coefficient (Wildman–Crippen LogP) is 1.82. The van der Waals surface area contributed by atoms with Crippen LogP contribution in [0.5, 0.6) is 0 Å². The minimum Gasteiger partial charge on any atom is -0.504 e. The molecule has 1 aliphatic carbocycles. The molecule has 0 radical (unpaired) electrons. The van der Waals surface area contributed by atoms with Crippen molar-refractivity contribution in [2.45, 2.75) is 26.7 Å². The lowest BCUT2D eigenvalue weighted by Crippen LogP contribution is -1.94. The van der Waals surface area contributed by atoms with E-state index in [2.05, 4.69) is 0 Å². The first kappa shape index (κ1) is 7.32. The van der Waals surface area contributed by atoms with Gasteiger partial charge in [0.05, 0.1) is 0 Å². The van der Waals surface area contributed by atoms with Gasteiger partial charge < -0.3 is 5.11 Å². The van der Waals surface area contributed by atoms with Crippen LogP contribution in [0.1, 0.15) is 26.7 Å². The molecule has 1 N–H and O–H groups in total. The molecule has 0 amide bonds. The van der Waals surface area contributed by atoms with E-state index in [1.165, 1.54) is 0 Å². The fourth-order valence-corrected chi connectivity index (χ4v) is 1.43. The maximum atomic E-state index is 10.8. The normalized spacial score (nSPS) is 26.2. The SMILES string of the molecule is CCC1=C(O)C(=O)CC1C. The average Bonchev–Trinajstić information content (AvgIpc) is 2.09. The van der Waals surface area contributed by atoms with Gasteiger partial charge in [0.25, 0.3) is 0 Å². The van der Waals surface area contributed by atoms with Crippen LogP contribution in [0.25, 0.3) is 0 Å². The number of rotatable bonds is 1. The summed E-state index contributed by atoms with van der Waals surface area (Å²) in [5, 5.41) is 9.16. The lowest BCUT2D eigenvalue weighted by atomic mass is 10.0. The van der Waals surface area contributed by atoms with Gasteiger partial charge in [-0.1, -0.05) is 13.8 Å². The number of hydrogen-bond acceptors (Lipinski definition) is 2. The van der Waals surface area contributed by atoms with Crippen LogP contribution in [-0.2, 0) is 4.79 Å². The number of Topliss-reactive ketones (excluding diaryl/α,β-unsaturated/α-hetero) is 1. The first-order valence-electron chi connectivity index (χ1n) is 3.62. The zero-order valence-electron chi connectivity index (χ0n) is 6.35. The molecule has 56 valence electrons. The molecule has 1 unspecified atom stereocenters. The minimum atomic E-state index is -0.0932. The third kappa shape index (κ3) is 0.939. The largest absolute Gasteiger partial charge is 0.504 e. The molecule has 1 atom stereocenters. The number of ketones is 1. The molecule has 1 rings (SSSR count). The van der Waals surface area contributed by atoms with Crippen LogP contribution in [0.2, 0.25) is 0 Å². The number of aliphatic hydroxyl groups excluding tert-OH is 1. The molecule has 2 heteroatoms. The van der Waals surface area contributed by atoms with Gasteiger partial charge in [-0.3, -0.25) is 4.79 Å². The van der Waals surface area contributed by atoms with Crippen LogP contribution in [0, 0.1) is 5.92 Å². The summed E-state index contributed by atoms with van der Waals surface area (Å²) in [5.74, 6) is 0.192. The second-order valence-corrected chi connectivity index (χ2v) is 2.76. The summed E-state index contributed by atoms with van der Waals surface area (Å²) >= 11 is 0. The Kier molecular flexibility index (Phi) is 1.79. The van der Waals surface area contributed by atoms with Crippen molar-refractivity contribution in [3.63, 3.8) is 0 Å². The number of hydrogen-bond donors (Lipinski definition) is 1. The van der Waals surface area contributed by atoms with Crippen molar-refractivity contribution in [1.29, 1.82) is 0 Å². The first-order valence-corrected chi connectivity index (χ1v) is 3.62. The predicted molar refractivity (Wildman–Crippen MR) is 38.7 cm³/mol. The van der Waals surface area contributed by atoms with Crippen molar-refractivity contribution >= 4 is 5.78 Å². The molecule has 0 aromatic heterocycles. The van der Waals surface area contributed by atoms with E-state index in [1.54, 1.807) is 0 Å². The van der Waals surface area contributed by atoms with Gasteiger partial charge in [-0.2, -0.15) is 0 Å². The average molecular weight is 140 g/mol. The van der Waals surface area contributed by atoms with Crippen molar-refractivity contribution in [2.24, 2.45) is 5.92 Å². The maximum absolute atomic E-state index is 10.8. The van der Waals surface area contributed by atoms with Gasteiger partial charge in [0.2, 0.25) is 0 Å². The second kappa shape index (κ2) is 2.45. The molecule has 0 aromatic rings. The smallest absolute Gasteiger partial charge is 0.197 e. The summed E-state index contributed by atoms with van der Waals surface area (Å²) in [7, 11) is 0. The number of carbonyl (C=O) groups is 1. The third-order valence-corrected chi connectivity index (χ3v) is 2.04. The second-order valence-electron chi connectivity index (χ2n) is 2.76.